The highest BCUT2D eigenvalue weighted by Crippen LogP contribution is 2.27. The third-order valence-electron chi connectivity index (χ3n) is 2.91. The van der Waals surface area contributed by atoms with Crippen molar-refractivity contribution in [2.24, 2.45) is 11.3 Å². The van der Waals surface area contributed by atoms with E-state index in [0.29, 0.717) is 11.3 Å². The van der Waals surface area contributed by atoms with E-state index in [1.807, 2.05) is 11.4 Å². The van der Waals surface area contributed by atoms with Gasteiger partial charge in [0, 0.05) is 13.1 Å². The van der Waals surface area contributed by atoms with Gasteiger partial charge in [-0.25, -0.2) is 4.31 Å². The zero-order chi connectivity index (χ0) is 11.9. The Kier molecular flexibility index (Phi) is 7.61. The van der Waals surface area contributed by atoms with Gasteiger partial charge in [-0.15, -0.1) is 0 Å². The fraction of sp³-hybridized carbons (Fsp3) is 1.00. The molecule has 2 N–H and O–H groups in total. The van der Waals surface area contributed by atoms with Gasteiger partial charge in [0.05, 0.1) is 12.2 Å². The summed E-state index contributed by atoms with van der Waals surface area (Å²) in [5.74, 6) is 0.576. The Morgan fingerprint density at radius 3 is 2.40 bits per heavy atom. The van der Waals surface area contributed by atoms with Crippen molar-refractivity contribution >= 4 is 12.2 Å². The van der Waals surface area contributed by atoms with Gasteiger partial charge in [0.15, 0.2) is 0 Å². The van der Waals surface area contributed by atoms with E-state index in [-0.39, 0.29) is 0 Å². The van der Waals surface area contributed by atoms with Crippen molar-refractivity contribution < 1.29 is 4.55 Å². The van der Waals surface area contributed by atoms with Gasteiger partial charge in [0.25, 0.3) is 0 Å². The number of rotatable bonds is 7. The molecular weight excluding hydrogens is 208 g/mol. The van der Waals surface area contributed by atoms with Gasteiger partial charge in [-0.05, 0) is 31.3 Å². The minimum atomic E-state index is 0.303. The lowest BCUT2D eigenvalue weighted by atomic mass is 9.82. The van der Waals surface area contributed by atoms with Crippen molar-refractivity contribution in [3.05, 3.63) is 0 Å². The van der Waals surface area contributed by atoms with E-state index in [1.54, 1.807) is 0 Å². The summed E-state index contributed by atoms with van der Waals surface area (Å²) in [5.41, 5.74) is 0.303. The Morgan fingerprint density at radius 2 is 2.00 bits per heavy atom. The molecule has 0 spiro atoms. The monoisotopic (exact) mass is 234 g/mol. The first-order chi connectivity index (χ1) is 6.91. The predicted molar refractivity (Wildman–Crippen MR) is 69.0 cm³/mol. The molecule has 0 aliphatic rings. The van der Waals surface area contributed by atoms with E-state index in [1.165, 1.54) is 0 Å². The van der Waals surface area contributed by atoms with Gasteiger partial charge in [0.1, 0.15) is 0 Å². The fourth-order valence-corrected chi connectivity index (χ4v) is 1.68. The second kappa shape index (κ2) is 7.49. The second-order valence-electron chi connectivity index (χ2n) is 5.19. The summed E-state index contributed by atoms with van der Waals surface area (Å²) in [7, 11) is 1.95. The van der Waals surface area contributed by atoms with E-state index >= 15 is 0 Å². The van der Waals surface area contributed by atoms with E-state index in [4.69, 9.17) is 4.55 Å². The Hall–Kier alpha value is 0.230. The molecule has 0 aliphatic carbocycles. The Bertz CT molecular complexity index is 159. The third kappa shape index (κ3) is 7.17. The first-order valence-electron chi connectivity index (χ1n) is 5.63. The van der Waals surface area contributed by atoms with Gasteiger partial charge in [-0.3, -0.25) is 0 Å². The number of hydrogen-bond donors (Lipinski definition) is 2. The predicted octanol–water partition coefficient (Wildman–Crippen LogP) is 2.70. The zero-order valence-corrected chi connectivity index (χ0v) is 11.5. The maximum absolute atomic E-state index is 9.16. The van der Waals surface area contributed by atoms with Crippen LogP contribution in [0.1, 0.15) is 34.1 Å². The van der Waals surface area contributed by atoms with Gasteiger partial charge in [-0.1, -0.05) is 27.7 Å². The molecule has 0 saturated carbocycles. The van der Waals surface area contributed by atoms with Gasteiger partial charge < -0.3 is 9.87 Å². The number of nitrogens with zero attached hydrogens (tertiary/aromatic N) is 1. The Labute approximate surface area is 99.0 Å². The molecule has 15 heavy (non-hydrogen) atoms. The lowest BCUT2D eigenvalue weighted by Gasteiger charge is -2.31. The fourth-order valence-electron chi connectivity index (χ4n) is 1.18. The van der Waals surface area contributed by atoms with Crippen LogP contribution < -0.4 is 5.32 Å². The second-order valence-corrected chi connectivity index (χ2v) is 5.87. The van der Waals surface area contributed by atoms with Crippen molar-refractivity contribution in [3.63, 3.8) is 0 Å². The summed E-state index contributed by atoms with van der Waals surface area (Å²) < 4.78 is 11.2. The molecule has 0 amide bonds. The summed E-state index contributed by atoms with van der Waals surface area (Å²) in [6, 6.07) is 0. The maximum atomic E-state index is 9.16. The Balaban J connectivity index is 3.88. The van der Waals surface area contributed by atoms with Crippen LogP contribution in [0.3, 0.4) is 0 Å². The lowest BCUT2D eigenvalue weighted by molar-refractivity contribution is 0.217. The SMILES string of the molecule is CNCCCN(C[C@@H](C)C(C)(C)C)SO. The standard InChI is InChI=1S/C11H26N2OS/c1-10(11(2,3)4)9-13(15-14)8-6-7-12-5/h10,12,14H,6-9H2,1-5H3/t10-/m1/s1. The van der Waals surface area contributed by atoms with Gasteiger partial charge >= 0.3 is 0 Å². The third-order valence-corrected chi connectivity index (χ3v) is 3.47. The molecule has 0 heterocycles. The van der Waals surface area contributed by atoms with Crippen LogP contribution in [0.5, 0.6) is 0 Å². The highest BCUT2D eigenvalue weighted by molar-refractivity contribution is 7.91. The number of nitrogens with one attached hydrogen (secondary N) is 1. The van der Waals surface area contributed by atoms with Crippen molar-refractivity contribution in [1.29, 1.82) is 0 Å². The first-order valence-corrected chi connectivity index (χ1v) is 6.36. The zero-order valence-electron chi connectivity index (χ0n) is 10.7. The average molecular weight is 234 g/mol. The van der Waals surface area contributed by atoms with Crippen LogP contribution in [0.4, 0.5) is 0 Å². The molecular formula is C11H26N2OS. The molecule has 0 rings (SSSR count). The maximum Gasteiger partial charge on any atom is 0.0790 e. The minimum absolute atomic E-state index is 0.303. The van der Waals surface area contributed by atoms with Gasteiger partial charge in [-0.2, -0.15) is 0 Å². The summed E-state index contributed by atoms with van der Waals surface area (Å²) in [6.45, 7) is 11.8. The smallest absolute Gasteiger partial charge is 0.0790 e. The van der Waals surface area contributed by atoms with E-state index in [0.717, 1.165) is 38.3 Å². The van der Waals surface area contributed by atoms with E-state index in [9.17, 15) is 0 Å². The first kappa shape index (κ1) is 15.2. The summed E-state index contributed by atoms with van der Waals surface area (Å²) >= 11 is 0.870. The van der Waals surface area contributed by atoms with Gasteiger partial charge in [0.2, 0.25) is 0 Å². The summed E-state index contributed by atoms with van der Waals surface area (Å²) in [6.07, 6.45) is 1.07. The molecule has 4 heteroatoms. The van der Waals surface area contributed by atoms with E-state index < -0.39 is 0 Å². The molecule has 3 nitrogen and oxygen atoms in total. The summed E-state index contributed by atoms with van der Waals surface area (Å²) in [4.78, 5) is 0. The molecule has 0 bridgehead atoms. The highest BCUT2D eigenvalue weighted by atomic mass is 32.2. The van der Waals surface area contributed by atoms with Crippen LogP contribution in [0.2, 0.25) is 0 Å². The molecule has 0 aromatic heterocycles. The highest BCUT2D eigenvalue weighted by Gasteiger charge is 2.22. The van der Waals surface area contributed by atoms with Crippen molar-refractivity contribution in [3.8, 4) is 0 Å². The average Bonchev–Trinajstić information content (AvgIpc) is 2.14. The van der Waals surface area contributed by atoms with Crippen molar-refractivity contribution in [2.45, 2.75) is 34.1 Å². The van der Waals surface area contributed by atoms with E-state index in [2.05, 4.69) is 33.0 Å². The van der Waals surface area contributed by atoms with Crippen LogP contribution in [0, 0.1) is 11.3 Å². The molecule has 0 unspecified atom stereocenters. The summed E-state index contributed by atoms with van der Waals surface area (Å²) in [5, 5.41) is 3.11. The molecule has 0 saturated heterocycles. The molecule has 1 atom stereocenters. The number of hydrogen-bond acceptors (Lipinski definition) is 4. The topological polar surface area (TPSA) is 35.5 Å². The van der Waals surface area contributed by atoms with Crippen molar-refractivity contribution in [1.82, 2.24) is 9.62 Å². The molecule has 0 aromatic carbocycles. The molecule has 0 radical (unpaired) electrons. The normalized spacial score (nSPS) is 14.6. The lowest BCUT2D eigenvalue weighted by Crippen LogP contribution is -2.31. The Morgan fingerprint density at radius 1 is 1.40 bits per heavy atom. The molecule has 92 valence electrons. The van der Waals surface area contributed by atoms with Crippen LogP contribution in [-0.4, -0.2) is 35.5 Å². The van der Waals surface area contributed by atoms with Crippen molar-refractivity contribution in [2.75, 3.05) is 26.7 Å². The minimum Gasteiger partial charge on any atom is -0.320 e. The van der Waals surface area contributed by atoms with Crippen LogP contribution >= 0.6 is 12.2 Å². The molecule has 0 fully saturated rings. The van der Waals surface area contributed by atoms with Crippen LogP contribution in [-0.2, 0) is 0 Å². The largest absolute Gasteiger partial charge is 0.320 e. The van der Waals surface area contributed by atoms with Crippen LogP contribution in [0.15, 0.2) is 0 Å². The quantitative estimate of drug-likeness (QED) is 0.403. The van der Waals surface area contributed by atoms with Crippen LogP contribution in [0.25, 0.3) is 0 Å². The molecule has 0 aromatic rings. The molecule has 0 aliphatic heterocycles.